The highest BCUT2D eigenvalue weighted by Crippen LogP contribution is 2.26. The Morgan fingerprint density at radius 3 is 2.72 bits per heavy atom. The number of pyridine rings is 1. The fraction of sp³-hybridized carbons (Fsp3) is 0.333. The number of fused-ring (bicyclic) bond motifs is 1. The molecule has 7 nitrogen and oxygen atoms in total. The van der Waals surface area contributed by atoms with E-state index in [0.29, 0.717) is 36.8 Å². The van der Waals surface area contributed by atoms with Gasteiger partial charge in [-0.15, -0.1) is 0 Å². The zero-order chi connectivity index (χ0) is 22.7. The van der Waals surface area contributed by atoms with Gasteiger partial charge in [0.05, 0.1) is 10.8 Å². The molecule has 2 N–H and O–H groups in total. The van der Waals surface area contributed by atoms with Crippen molar-refractivity contribution < 1.29 is 13.2 Å². The zero-order valence-electron chi connectivity index (χ0n) is 18.0. The van der Waals surface area contributed by atoms with Gasteiger partial charge in [0.2, 0.25) is 21.5 Å². The summed E-state index contributed by atoms with van der Waals surface area (Å²) in [4.78, 5) is 27.1. The smallest absolute Gasteiger partial charge is 0.248 e. The first kappa shape index (κ1) is 22.2. The van der Waals surface area contributed by atoms with Crippen LogP contribution in [0.2, 0.25) is 0 Å². The molecule has 0 bridgehead atoms. The molecule has 1 aliphatic rings. The number of hydrogen-bond acceptors (Lipinski definition) is 4. The summed E-state index contributed by atoms with van der Waals surface area (Å²) in [7, 11) is -3.74. The number of aromatic nitrogens is 1. The van der Waals surface area contributed by atoms with Gasteiger partial charge in [-0.25, -0.2) is 8.42 Å². The average Bonchev–Trinajstić information content (AvgIpc) is 2.82. The summed E-state index contributed by atoms with van der Waals surface area (Å²) in [5.41, 5.74) is 1.50. The minimum Gasteiger partial charge on any atom is -0.355 e. The number of carbonyl (C=O) groups excluding carboxylic acids is 1. The quantitative estimate of drug-likeness (QED) is 0.599. The highest BCUT2D eigenvalue weighted by atomic mass is 32.2. The zero-order valence-corrected chi connectivity index (χ0v) is 18.8. The van der Waals surface area contributed by atoms with E-state index < -0.39 is 10.0 Å². The van der Waals surface area contributed by atoms with E-state index in [1.165, 1.54) is 16.4 Å². The number of piperidine rings is 1. The molecule has 0 spiro atoms. The first-order chi connectivity index (χ1) is 15.3. The Morgan fingerprint density at radius 2 is 1.94 bits per heavy atom. The van der Waals surface area contributed by atoms with Gasteiger partial charge in [0.15, 0.2) is 0 Å². The lowest BCUT2D eigenvalue weighted by atomic mass is 9.97. The first-order valence-corrected chi connectivity index (χ1v) is 12.2. The van der Waals surface area contributed by atoms with Gasteiger partial charge < -0.3 is 10.3 Å². The van der Waals surface area contributed by atoms with Crippen LogP contribution in [0.25, 0.3) is 10.9 Å². The second-order valence-electron chi connectivity index (χ2n) is 8.33. The van der Waals surface area contributed by atoms with Crippen LogP contribution in [-0.2, 0) is 14.8 Å². The number of amides is 1. The molecule has 2 heterocycles. The summed E-state index contributed by atoms with van der Waals surface area (Å²) in [6.45, 7) is 3.11. The van der Waals surface area contributed by atoms with Gasteiger partial charge in [-0.2, -0.15) is 4.31 Å². The molecule has 0 unspecified atom stereocenters. The molecule has 1 saturated heterocycles. The van der Waals surface area contributed by atoms with Crippen molar-refractivity contribution in [3.05, 3.63) is 76.6 Å². The molecule has 8 heteroatoms. The summed E-state index contributed by atoms with van der Waals surface area (Å²) < 4.78 is 27.9. The Labute approximate surface area is 187 Å². The number of nitrogens with one attached hydrogen (secondary N) is 2. The summed E-state index contributed by atoms with van der Waals surface area (Å²) in [5.74, 6) is -0.310. The third-order valence-corrected chi connectivity index (χ3v) is 7.90. The minimum atomic E-state index is -3.74. The topological polar surface area (TPSA) is 99.3 Å². The molecule has 1 fully saturated rings. The van der Waals surface area contributed by atoms with Crippen molar-refractivity contribution >= 4 is 26.8 Å². The molecule has 0 aliphatic carbocycles. The van der Waals surface area contributed by atoms with Crippen LogP contribution in [0.1, 0.15) is 31.2 Å². The summed E-state index contributed by atoms with van der Waals surface area (Å²) in [5, 5.41) is 3.64. The van der Waals surface area contributed by atoms with Crippen molar-refractivity contribution in [2.24, 2.45) is 5.92 Å². The number of H-pyrrole nitrogens is 1. The van der Waals surface area contributed by atoms with Crippen LogP contribution in [0, 0.1) is 5.92 Å². The van der Waals surface area contributed by atoms with Gasteiger partial charge in [-0.1, -0.05) is 37.3 Å². The number of sulfonamides is 1. The minimum absolute atomic E-state index is 0.108. The largest absolute Gasteiger partial charge is 0.355 e. The first-order valence-electron chi connectivity index (χ1n) is 10.8. The van der Waals surface area contributed by atoms with Crippen LogP contribution >= 0.6 is 0 Å². The summed E-state index contributed by atoms with van der Waals surface area (Å²) in [6, 6.07) is 17.6. The van der Waals surface area contributed by atoms with E-state index in [9.17, 15) is 18.0 Å². The maximum atomic E-state index is 13.2. The van der Waals surface area contributed by atoms with Crippen molar-refractivity contribution in [3.63, 3.8) is 0 Å². The lowest BCUT2D eigenvalue weighted by Gasteiger charge is -2.31. The number of nitrogens with zero attached hydrogens (tertiary/aromatic N) is 1. The third kappa shape index (κ3) is 4.76. The van der Waals surface area contributed by atoms with Gasteiger partial charge in [0, 0.05) is 31.2 Å². The van der Waals surface area contributed by atoms with E-state index in [0.717, 1.165) is 5.56 Å². The molecule has 168 valence electrons. The fourth-order valence-electron chi connectivity index (χ4n) is 4.11. The number of benzene rings is 2. The van der Waals surface area contributed by atoms with E-state index in [2.05, 4.69) is 17.2 Å². The maximum Gasteiger partial charge on any atom is 0.248 e. The lowest BCUT2D eigenvalue weighted by molar-refractivity contribution is -0.126. The lowest BCUT2D eigenvalue weighted by Crippen LogP contribution is -2.45. The second-order valence-corrected chi connectivity index (χ2v) is 10.3. The molecule has 1 amide bonds. The fourth-order valence-corrected chi connectivity index (χ4v) is 5.67. The monoisotopic (exact) mass is 453 g/mol. The highest BCUT2D eigenvalue weighted by Gasteiger charge is 2.33. The number of hydrogen-bond donors (Lipinski definition) is 2. The number of rotatable bonds is 6. The maximum absolute atomic E-state index is 13.2. The Hall–Kier alpha value is -2.97. The molecule has 2 aromatic carbocycles. The Bertz CT molecular complexity index is 1270. The molecular weight excluding hydrogens is 426 g/mol. The van der Waals surface area contributed by atoms with Crippen LogP contribution < -0.4 is 10.9 Å². The van der Waals surface area contributed by atoms with Crippen molar-refractivity contribution in [2.75, 3.05) is 19.6 Å². The molecule has 1 aromatic heterocycles. The summed E-state index contributed by atoms with van der Waals surface area (Å²) >= 11 is 0. The average molecular weight is 454 g/mol. The Kier molecular flexibility index (Phi) is 6.43. The van der Waals surface area contributed by atoms with Crippen LogP contribution in [0.3, 0.4) is 0 Å². The number of carbonyl (C=O) groups is 1. The van der Waals surface area contributed by atoms with Crippen molar-refractivity contribution in [1.29, 1.82) is 0 Å². The highest BCUT2D eigenvalue weighted by molar-refractivity contribution is 7.89. The van der Waals surface area contributed by atoms with Crippen LogP contribution in [-0.4, -0.2) is 43.2 Å². The third-order valence-electron chi connectivity index (χ3n) is 6.04. The standard InChI is InChI=1S/C24H27N3O4S/c1-17(18-6-3-2-4-7-18)15-25-24(29)20-8-5-13-27(16-20)32(30,31)21-10-11-22-19(14-21)9-12-23(28)26-22/h2-4,6-7,9-12,14,17,20H,5,8,13,15-16H2,1H3,(H,25,29)(H,26,28)/t17-,20+/m0/s1. The van der Waals surface area contributed by atoms with Crippen LogP contribution in [0.4, 0.5) is 0 Å². The second kappa shape index (κ2) is 9.26. The van der Waals surface area contributed by atoms with E-state index in [1.807, 2.05) is 30.3 Å². The van der Waals surface area contributed by atoms with E-state index in [1.54, 1.807) is 18.2 Å². The molecule has 0 saturated carbocycles. The van der Waals surface area contributed by atoms with Crippen molar-refractivity contribution in [2.45, 2.75) is 30.6 Å². The van der Waals surface area contributed by atoms with Crippen LogP contribution in [0.5, 0.6) is 0 Å². The molecule has 2 atom stereocenters. The Morgan fingerprint density at radius 1 is 1.16 bits per heavy atom. The SMILES string of the molecule is C[C@@H](CNC(=O)[C@@H]1CCCN(S(=O)(=O)c2ccc3[nH]c(=O)ccc3c2)C1)c1ccccc1. The van der Waals surface area contributed by atoms with Gasteiger partial charge in [0.25, 0.3) is 0 Å². The van der Waals surface area contributed by atoms with Crippen LogP contribution in [0.15, 0.2) is 70.4 Å². The number of aromatic amines is 1. The summed E-state index contributed by atoms with van der Waals surface area (Å²) in [6.07, 6.45) is 1.29. The molecule has 32 heavy (non-hydrogen) atoms. The predicted molar refractivity (Wildman–Crippen MR) is 124 cm³/mol. The predicted octanol–water partition coefficient (Wildman–Crippen LogP) is 2.85. The van der Waals surface area contributed by atoms with Gasteiger partial charge in [-0.05, 0) is 54.0 Å². The molecule has 0 radical (unpaired) electrons. The molecule has 1 aliphatic heterocycles. The van der Waals surface area contributed by atoms with E-state index >= 15 is 0 Å². The van der Waals surface area contributed by atoms with E-state index in [4.69, 9.17) is 0 Å². The molecule has 3 aromatic rings. The molecular formula is C24H27N3O4S. The van der Waals surface area contributed by atoms with Crippen molar-refractivity contribution in [1.82, 2.24) is 14.6 Å². The van der Waals surface area contributed by atoms with E-state index in [-0.39, 0.29) is 34.7 Å². The van der Waals surface area contributed by atoms with Gasteiger partial charge >= 0.3 is 0 Å². The normalized spacial score (nSPS) is 18.3. The van der Waals surface area contributed by atoms with Gasteiger partial charge in [0.1, 0.15) is 0 Å². The molecule has 4 rings (SSSR count). The van der Waals surface area contributed by atoms with Crippen molar-refractivity contribution in [3.8, 4) is 0 Å². The Balaban J connectivity index is 1.44. The van der Waals surface area contributed by atoms with Gasteiger partial charge in [-0.3, -0.25) is 9.59 Å².